The molecule has 4 rings (SSSR count). The van der Waals surface area contributed by atoms with Gasteiger partial charge in [-0.1, -0.05) is 53.8 Å². The molecule has 30 heavy (non-hydrogen) atoms. The summed E-state index contributed by atoms with van der Waals surface area (Å²) in [6.45, 7) is 2.77. The van der Waals surface area contributed by atoms with Crippen LogP contribution in [0.15, 0.2) is 59.7 Å². The number of ether oxygens (including phenoxy) is 1. The molecule has 3 aromatic rings. The zero-order chi connectivity index (χ0) is 21.0. The Bertz CT molecular complexity index is 1010. The van der Waals surface area contributed by atoms with E-state index in [0.717, 1.165) is 40.4 Å². The Kier molecular flexibility index (Phi) is 6.01. The molecule has 0 spiro atoms. The van der Waals surface area contributed by atoms with Crippen LogP contribution in [0, 0.1) is 0 Å². The molecule has 0 bridgehead atoms. The van der Waals surface area contributed by atoms with Gasteiger partial charge in [-0.2, -0.15) is 18.3 Å². The van der Waals surface area contributed by atoms with E-state index >= 15 is 0 Å². The first-order chi connectivity index (χ1) is 14.5. The maximum Gasteiger partial charge on any atom is 0.418 e. The summed E-state index contributed by atoms with van der Waals surface area (Å²) in [5.74, 6) is 0. The van der Waals surface area contributed by atoms with Crippen molar-refractivity contribution < 1.29 is 17.9 Å². The molecule has 2 aromatic carbocycles. The van der Waals surface area contributed by atoms with Crippen LogP contribution in [0.25, 0.3) is 11.3 Å². The van der Waals surface area contributed by atoms with Crippen molar-refractivity contribution in [3.8, 4) is 11.3 Å². The Morgan fingerprint density at radius 3 is 2.47 bits per heavy atom. The van der Waals surface area contributed by atoms with Gasteiger partial charge >= 0.3 is 6.18 Å². The Morgan fingerprint density at radius 2 is 1.73 bits per heavy atom. The van der Waals surface area contributed by atoms with Crippen molar-refractivity contribution in [3.63, 3.8) is 0 Å². The average Bonchev–Trinajstić information content (AvgIpc) is 3.19. The minimum absolute atomic E-state index is 0.0968. The zero-order valence-electron chi connectivity index (χ0n) is 15.9. The number of nitrogens with zero attached hydrogens (tertiary/aromatic N) is 3. The fourth-order valence-corrected chi connectivity index (χ4v) is 4.10. The second-order valence-electron chi connectivity index (χ2n) is 6.59. The molecule has 156 valence electrons. The lowest BCUT2D eigenvalue weighted by Gasteiger charge is -2.26. The largest absolute Gasteiger partial charge is 0.418 e. The summed E-state index contributed by atoms with van der Waals surface area (Å²) in [6.07, 6.45) is -2.93. The number of hydrogen-bond acceptors (Lipinski definition) is 6. The van der Waals surface area contributed by atoms with E-state index in [-0.39, 0.29) is 5.69 Å². The van der Waals surface area contributed by atoms with Gasteiger partial charge in [0, 0.05) is 18.7 Å². The van der Waals surface area contributed by atoms with Crippen LogP contribution in [-0.4, -0.2) is 37.5 Å². The van der Waals surface area contributed by atoms with Crippen LogP contribution in [-0.2, 0) is 10.9 Å². The Hall–Kier alpha value is -2.91. The standard InChI is InChI=1S/C21H19F3N4OS/c22-21(23,24)16-8-4-5-9-17(16)27-25-14-18-19(15-6-2-1-3-7-15)26-20(30-18)28-10-12-29-13-11-28/h1-9,14,27H,10-13H2/b25-14+. The van der Waals surface area contributed by atoms with Gasteiger partial charge in [-0.05, 0) is 12.1 Å². The van der Waals surface area contributed by atoms with E-state index in [1.165, 1.54) is 35.8 Å². The molecule has 1 N–H and O–H groups in total. The third-order valence-corrected chi connectivity index (χ3v) is 5.62. The Morgan fingerprint density at radius 1 is 1.03 bits per heavy atom. The van der Waals surface area contributed by atoms with E-state index in [1.807, 2.05) is 30.3 Å². The van der Waals surface area contributed by atoms with Gasteiger partial charge in [0.05, 0.1) is 41.3 Å². The van der Waals surface area contributed by atoms with Crippen LogP contribution >= 0.6 is 11.3 Å². The molecule has 1 saturated heterocycles. The molecule has 1 aromatic heterocycles. The van der Waals surface area contributed by atoms with E-state index in [9.17, 15) is 13.2 Å². The van der Waals surface area contributed by atoms with Crippen molar-refractivity contribution in [2.75, 3.05) is 36.6 Å². The van der Waals surface area contributed by atoms with Crippen LogP contribution in [0.3, 0.4) is 0 Å². The van der Waals surface area contributed by atoms with Gasteiger partial charge in [0.15, 0.2) is 5.13 Å². The van der Waals surface area contributed by atoms with Gasteiger partial charge in [0.2, 0.25) is 0 Å². The number of anilines is 2. The van der Waals surface area contributed by atoms with Crippen LogP contribution < -0.4 is 10.3 Å². The highest BCUT2D eigenvalue weighted by molar-refractivity contribution is 7.17. The maximum absolute atomic E-state index is 13.2. The molecule has 9 heteroatoms. The Balaban J connectivity index is 1.62. The first kappa shape index (κ1) is 20.4. The molecule has 1 aliphatic rings. The molecular formula is C21H19F3N4OS. The van der Waals surface area contributed by atoms with Crippen LogP contribution in [0.5, 0.6) is 0 Å². The SMILES string of the molecule is FC(F)(F)c1ccccc1N/N=C/c1sc(N2CCOCC2)nc1-c1ccccc1. The topological polar surface area (TPSA) is 49.8 Å². The predicted octanol–water partition coefficient (Wildman–Crippen LogP) is 5.11. The highest BCUT2D eigenvalue weighted by atomic mass is 32.1. The van der Waals surface area contributed by atoms with E-state index in [0.29, 0.717) is 13.2 Å². The van der Waals surface area contributed by atoms with Gasteiger partial charge in [0.1, 0.15) is 0 Å². The van der Waals surface area contributed by atoms with Gasteiger partial charge in [-0.3, -0.25) is 5.43 Å². The molecule has 1 aliphatic heterocycles. The van der Waals surface area contributed by atoms with Gasteiger partial charge < -0.3 is 9.64 Å². The number of hydrazone groups is 1. The minimum Gasteiger partial charge on any atom is -0.378 e. The number of para-hydroxylation sites is 1. The predicted molar refractivity (Wildman–Crippen MR) is 113 cm³/mol. The number of morpholine rings is 1. The molecule has 0 radical (unpaired) electrons. The minimum atomic E-state index is -4.46. The van der Waals surface area contributed by atoms with Crippen LogP contribution in [0.4, 0.5) is 24.0 Å². The third kappa shape index (κ3) is 4.63. The molecule has 2 heterocycles. The number of alkyl halides is 3. The summed E-state index contributed by atoms with van der Waals surface area (Å²) in [6, 6.07) is 14.9. The molecule has 0 unspecified atom stereocenters. The number of rotatable bonds is 5. The second kappa shape index (κ2) is 8.85. The van der Waals surface area contributed by atoms with E-state index in [2.05, 4.69) is 15.4 Å². The smallest absolute Gasteiger partial charge is 0.378 e. The van der Waals surface area contributed by atoms with Gasteiger partial charge in [0.25, 0.3) is 0 Å². The number of halogens is 3. The van der Waals surface area contributed by atoms with Gasteiger partial charge in [-0.15, -0.1) is 0 Å². The maximum atomic E-state index is 13.2. The Labute approximate surface area is 175 Å². The lowest BCUT2D eigenvalue weighted by Crippen LogP contribution is -2.36. The molecule has 5 nitrogen and oxygen atoms in total. The number of nitrogens with one attached hydrogen (secondary N) is 1. The summed E-state index contributed by atoms with van der Waals surface area (Å²) in [7, 11) is 0. The lowest BCUT2D eigenvalue weighted by atomic mass is 10.1. The van der Waals surface area contributed by atoms with Crippen LogP contribution in [0.2, 0.25) is 0 Å². The quantitative estimate of drug-likeness (QED) is 0.450. The molecule has 0 saturated carbocycles. The molecule has 0 amide bonds. The molecule has 0 atom stereocenters. The normalized spacial score (nSPS) is 15.0. The molecular weight excluding hydrogens is 413 g/mol. The summed E-state index contributed by atoms with van der Waals surface area (Å²) < 4.78 is 44.9. The second-order valence-corrected chi connectivity index (χ2v) is 7.60. The fourth-order valence-electron chi connectivity index (χ4n) is 3.09. The van der Waals surface area contributed by atoms with E-state index < -0.39 is 11.7 Å². The van der Waals surface area contributed by atoms with E-state index in [1.54, 1.807) is 0 Å². The fraction of sp³-hybridized carbons (Fsp3) is 0.238. The molecule has 1 fully saturated rings. The third-order valence-electron chi connectivity index (χ3n) is 4.57. The van der Waals surface area contributed by atoms with Crippen molar-refractivity contribution in [2.45, 2.75) is 6.18 Å². The highest BCUT2D eigenvalue weighted by Crippen LogP contribution is 2.35. The highest BCUT2D eigenvalue weighted by Gasteiger charge is 2.33. The van der Waals surface area contributed by atoms with Crippen molar-refractivity contribution >= 4 is 28.4 Å². The first-order valence-corrected chi connectivity index (χ1v) is 10.2. The zero-order valence-corrected chi connectivity index (χ0v) is 16.7. The number of thiazole rings is 1. The van der Waals surface area contributed by atoms with Crippen molar-refractivity contribution in [1.82, 2.24) is 4.98 Å². The van der Waals surface area contributed by atoms with Crippen molar-refractivity contribution in [3.05, 3.63) is 65.0 Å². The number of benzene rings is 2. The number of aromatic nitrogens is 1. The van der Waals surface area contributed by atoms with E-state index in [4.69, 9.17) is 9.72 Å². The van der Waals surface area contributed by atoms with Crippen molar-refractivity contribution in [2.24, 2.45) is 5.10 Å². The van der Waals surface area contributed by atoms with Gasteiger partial charge in [-0.25, -0.2) is 4.98 Å². The lowest BCUT2D eigenvalue weighted by molar-refractivity contribution is -0.136. The summed E-state index contributed by atoms with van der Waals surface area (Å²) in [4.78, 5) is 7.68. The first-order valence-electron chi connectivity index (χ1n) is 9.36. The van der Waals surface area contributed by atoms with Crippen LogP contribution in [0.1, 0.15) is 10.4 Å². The number of hydrogen-bond donors (Lipinski definition) is 1. The monoisotopic (exact) mass is 432 g/mol. The summed E-state index contributed by atoms with van der Waals surface area (Å²) in [5, 5.41) is 4.92. The van der Waals surface area contributed by atoms with Crippen molar-refractivity contribution in [1.29, 1.82) is 0 Å². The molecule has 0 aliphatic carbocycles. The summed E-state index contributed by atoms with van der Waals surface area (Å²) in [5.41, 5.74) is 3.34. The summed E-state index contributed by atoms with van der Waals surface area (Å²) >= 11 is 1.45. The average molecular weight is 432 g/mol.